The molecule has 24 heavy (non-hydrogen) atoms. The van der Waals surface area contributed by atoms with Crippen molar-refractivity contribution in [3.8, 4) is 5.75 Å². The summed E-state index contributed by atoms with van der Waals surface area (Å²) in [5, 5.41) is 2.81. The van der Waals surface area contributed by atoms with Crippen LogP contribution in [0.5, 0.6) is 5.75 Å². The molecular weight excluding hydrogens is 325 g/mol. The molecule has 0 aromatic heterocycles. The SMILES string of the molecule is COc1ccc(CCNC(N)=NCC(=O)N(C)CC(F)(F)F)cc1. The van der Waals surface area contributed by atoms with E-state index in [1.165, 1.54) is 0 Å². The highest BCUT2D eigenvalue weighted by atomic mass is 19.4. The molecule has 1 rings (SSSR count). The molecule has 3 N–H and O–H groups in total. The Morgan fingerprint density at radius 3 is 2.50 bits per heavy atom. The molecule has 1 aromatic carbocycles. The van der Waals surface area contributed by atoms with Gasteiger partial charge in [-0.3, -0.25) is 4.79 Å². The summed E-state index contributed by atoms with van der Waals surface area (Å²) >= 11 is 0. The Labute approximate surface area is 138 Å². The van der Waals surface area contributed by atoms with Gasteiger partial charge in [-0.25, -0.2) is 4.99 Å². The van der Waals surface area contributed by atoms with Gasteiger partial charge in [0.1, 0.15) is 18.8 Å². The first-order valence-corrected chi connectivity index (χ1v) is 7.18. The van der Waals surface area contributed by atoms with Gasteiger partial charge >= 0.3 is 6.18 Å². The number of benzene rings is 1. The Morgan fingerprint density at radius 1 is 1.33 bits per heavy atom. The molecule has 0 heterocycles. The van der Waals surface area contributed by atoms with Crippen LogP contribution in [0.15, 0.2) is 29.3 Å². The Balaban J connectivity index is 2.34. The van der Waals surface area contributed by atoms with Crippen LogP contribution < -0.4 is 15.8 Å². The maximum atomic E-state index is 12.2. The van der Waals surface area contributed by atoms with Crippen LogP contribution >= 0.6 is 0 Å². The van der Waals surface area contributed by atoms with Gasteiger partial charge in [-0.2, -0.15) is 13.2 Å². The van der Waals surface area contributed by atoms with Gasteiger partial charge in [0.05, 0.1) is 7.11 Å². The van der Waals surface area contributed by atoms with Crippen molar-refractivity contribution in [3.05, 3.63) is 29.8 Å². The summed E-state index contributed by atoms with van der Waals surface area (Å²) in [6.45, 7) is -1.27. The van der Waals surface area contributed by atoms with E-state index in [1.54, 1.807) is 7.11 Å². The Kier molecular flexibility index (Phi) is 7.34. The summed E-state index contributed by atoms with van der Waals surface area (Å²) in [6.07, 6.45) is -3.77. The highest BCUT2D eigenvalue weighted by molar-refractivity contribution is 5.83. The van der Waals surface area contributed by atoms with Crippen molar-refractivity contribution in [2.45, 2.75) is 12.6 Å². The van der Waals surface area contributed by atoms with Gasteiger partial charge in [-0.15, -0.1) is 0 Å². The number of carbonyl (C=O) groups excluding carboxylic acids is 1. The number of hydrogen-bond donors (Lipinski definition) is 2. The molecule has 0 bridgehead atoms. The Morgan fingerprint density at radius 2 is 1.96 bits per heavy atom. The van der Waals surface area contributed by atoms with E-state index in [1.807, 2.05) is 24.3 Å². The first-order chi connectivity index (χ1) is 11.2. The van der Waals surface area contributed by atoms with E-state index in [2.05, 4.69) is 10.3 Å². The second-order valence-corrected chi connectivity index (χ2v) is 5.09. The van der Waals surface area contributed by atoms with E-state index in [0.717, 1.165) is 18.4 Å². The molecule has 0 saturated heterocycles. The lowest BCUT2D eigenvalue weighted by molar-refractivity contribution is -0.157. The van der Waals surface area contributed by atoms with E-state index in [-0.39, 0.29) is 5.96 Å². The van der Waals surface area contributed by atoms with Gasteiger partial charge in [-0.05, 0) is 24.1 Å². The standard InChI is InChI=1S/C15H21F3N4O2/c1-22(10-15(16,17)18)13(23)9-21-14(19)20-8-7-11-3-5-12(24-2)6-4-11/h3-6H,7-10H2,1-2H3,(H3,19,20,21). The number of likely N-dealkylation sites (N-methyl/N-ethyl adjacent to an activating group) is 1. The number of nitrogens with zero attached hydrogens (tertiary/aromatic N) is 2. The minimum absolute atomic E-state index is 0.0114. The second-order valence-electron chi connectivity index (χ2n) is 5.09. The third kappa shape index (κ3) is 7.70. The van der Waals surface area contributed by atoms with Gasteiger partial charge in [0.25, 0.3) is 0 Å². The molecule has 0 unspecified atom stereocenters. The molecule has 6 nitrogen and oxygen atoms in total. The average Bonchev–Trinajstić information content (AvgIpc) is 2.51. The zero-order valence-corrected chi connectivity index (χ0v) is 13.6. The van der Waals surface area contributed by atoms with Gasteiger partial charge in [0.2, 0.25) is 5.91 Å². The van der Waals surface area contributed by atoms with Crippen LogP contribution in [0.3, 0.4) is 0 Å². The fourth-order valence-electron chi connectivity index (χ4n) is 1.81. The van der Waals surface area contributed by atoms with E-state index >= 15 is 0 Å². The number of rotatable bonds is 7. The quantitative estimate of drug-likeness (QED) is 0.574. The lowest BCUT2D eigenvalue weighted by atomic mass is 10.1. The average molecular weight is 346 g/mol. The van der Waals surface area contributed by atoms with E-state index in [4.69, 9.17) is 10.5 Å². The molecule has 0 fully saturated rings. The fourth-order valence-corrected chi connectivity index (χ4v) is 1.81. The fraction of sp³-hybridized carbons (Fsp3) is 0.467. The van der Waals surface area contributed by atoms with E-state index in [0.29, 0.717) is 17.9 Å². The number of ether oxygens (including phenoxy) is 1. The van der Waals surface area contributed by atoms with Gasteiger partial charge < -0.3 is 20.7 Å². The van der Waals surface area contributed by atoms with Gasteiger partial charge in [0.15, 0.2) is 5.96 Å². The molecule has 0 aliphatic heterocycles. The first kappa shape index (κ1) is 19.6. The second kappa shape index (κ2) is 8.99. The van der Waals surface area contributed by atoms with E-state index < -0.39 is 25.2 Å². The van der Waals surface area contributed by atoms with Crippen LogP contribution in [-0.4, -0.2) is 56.7 Å². The van der Waals surface area contributed by atoms with Crippen LogP contribution in [-0.2, 0) is 11.2 Å². The van der Waals surface area contributed by atoms with Gasteiger partial charge in [-0.1, -0.05) is 12.1 Å². The van der Waals surface area contributed by atoms with Crippen LogP contribution in [0, 0.1) is 0 Å². The molecule has 1 amide bonds. The maximum absolute atomic E-state index is 12.2. The highest BCUT2D eigenvalue weighted by Gasteiger charge is 2.30. The molecule has 0 radical (unpaired) electrons. The molecular formula is C15H21F3N4O2. The van der Waals surface area contributed by atoms with Crippen molar-refractivity contribution < 1.29 is 22.7 Å². The number of alkyl halides is 3. The predicted octanol–water partition coefficient (Wildman–Crippen LogP) is 1.16. The number of nitrogens with two attached hydrogens (primary N) is 1. The maximum Gasteiger partial charge on any atom is 0.406 e. The first-order valence-electron chi connectivity index (χ1n) is 7.18. The number of amides is 1. The van der Waals surface area contributed by atoms with Crippen molar-refractivity contribution in [2.24, 2.45) is 10.7 Å². The molecule has 0 saturated carbocycles. The minimum Gasteiger partial charge on any atom is -0.497 e. The predicted molar refractivity (Wildman–Crippen MR) is 84.9 cm³/mol. The zero-order chi connectivity index (χ0) is 18.2. The molecule has 0 aliphatic carbocycles. The Bertz CT molecular complexity index is 559. The van der Waals surface area contributed by atoms with Crippen molar-refractivity contribution in [2.75, 3.05) is 33.8 Å². The van der Waals surface area contributed by atoms with Crippen LogP contribution in [0.4, 0.5) is 13.2 Å². The number of aliphatic imine (C=N–C) groups is 1. The molecule has 1 aromatic rings. The third-order valence-electron chi connectivity index (χ3n) is 3.11. The summed E-state index contributed by atoms with van der Waals surface area (Å²) in [6, 6.07) is 7.48. The largest absolute Gasteiger partial charge is 0.497 e. The minimum atomic E-state index is -4.43. The summed E-state index contributed by atoms with van der Waals surface area (Å²) < 4.78 is 41.6. The van der Waals surface area contributed by atoms with Gasteiger partial charge in [0, 0.05) is 13.6 Å². The normalized spacial score (nSPS) is 12.0. The monoisotopic (exact) mass is 346 g/mol. The van der Waals surface area contributed by atoms with Crippen LogP contribution in [0.2, 0.25) is 0 Å². The summed E-state index contributed by atoms with van der Waals surface area (Å²) in [7, 11) is 2.65. The lowest BCUT2D eigenvalue weighted by Crippen LogP contribution is -2.38. The molecule has 0 spiro atoms. The smallest absolute Gasteiger partial charge is 0.406 e. The topological polar surface area (TPSA) is 80.0 Å². The summed E-state index contributed by atoms with van der Waals surface area (Å²) in [4.78, 5) is 15.8. The zero-order valence-electron chi connectivity index (χ0n) is 13.6. The number of halogens is 3. The third-order valence-corrected chi connectivity index (χ3v) is 3.11. The van der Waals surface area contributed by atoms with Crippen LogP contribution in [0.25, 0.3) is 0 Å². The van der Waals surface area contributed by atoms with Crippen molar-refractivity contribution in [3.63, 3.8) is 0 Å². The molecule has 134 valence electrons. The Hall–Kier alpha value is -2.45. The number of guanidine groups is 1. The molecule has 9 heteroatoms. The number of carbonyl (C=O) groups is 1. The van der Waals surface area contributed by atoms with Crippen molar-refractivity contribution in [1.29, 1.82) is 0 Å². The van der Waals surface area contributed by atoms with E-state index in [9.17, 15) is 18.0 Å². The lowest BCUT2D eigenvalue weighted by Gasteiger charge is -2.17. The van der Waals surface area contributed by atoms with Crippen molar-refractivity contribution in [1.82, 2.24) is 10.2 Å². The molecule has 0 atom stereocenters. The highest BCUT2D eigenvalue weighted by Crippen LogP contribution is 2.15. The van der Waals surface area contributed by atoms with Crippen molar-refractivity contribution >= 4 is 11.9 Å². The summed E-state index contributed by atoms with van der Waals surface area (Å²) in [5.41, 5.74) is 6.64. The number of hydrogen-bond acceptors (Lipinski definition) is 3. The number of nitrogens with one attached hydrogen (secondary N) is 1. The summed E-state index contributed by atoms with van der Waals surface area (Å²) in [5.74, 6) is 0.0128. The number of methoxy groups -OCH3 is 1. The molecule has 0 aliphatic rings. The van der Waals surface area contributed by atoms with Crippen LogP contribution in [0.1, 0.15) is 5.56 Å².